The van der Waals surface area contributed by atoms with E-state index >= 15 is 0 Å². The van der Waals surface area contributed by atoms with Gasteiger partial charge in [0.15, 0.2) is 0 Å². The molecular formula is C18H19N3O4. The van der Waals surface area contributed by atoms with Crippen molar-refractivity contribution in [2.45, 2.75) is 6.92 Å². The summed E-state index contributed by atoms with van der Waals surface area (Å²) in [6.07, 6.45) is 0. The number of carbonyl (C=O) groups is 2. The highest BCUT2D eigenvalue weighted by atomic mass is 16.5. The van der Waals surface area contributed by atoms with Crippen LogP contribution < -0.4 is 20.2 Å². The highest BCUT2D eigenvalue weighted by molar-refractivity contribution is 6.39. The molecule has 25 heavy (non-hydrogen) atoms. The maximum absolute atomic E-state index is 11.9. The standard InChI is InChI=1S/C18H19N3O4/c1-12(15-10-9-14(24-2)11-16(15)25-3)20-21-18(23)17(22)19-13-7-5-4-6-8-13/h4-11H,1-3H3,(H,19,22)(H,21,23)/b20-12+. The number of rotatable bonds is 5. The maximum atomic E-state index is 11.9. The van der Waals surface area contributed by atoms with Gasteiger partial charge in [-0.05, 0) is 31.2 Å². The minimum Gasteiger partial charge on any atom is -0.497 e. The SMILES string of the molecule is COc1ccc(/C(C)=N/NC(=O)C(=O)Nc2ccccc2)c(OC)c1. The minimum atomic E-state index is -0.865. The molecule has 0 atom stereocenters. The number of carbonyl (C=O) groups excluding carboxylic acids is 2. The molecule has 0 bridgehead atoms. The summed E-state index contributed by atoms with van der Waals surface area (Å²) in [4.78, 5) is 23.7. The Morgan fingerprint density at radius 2 is 1.68 bits per heavy atom. The van der Waals surface area contributed by atoms with Crippen LogP contribution in [0.5, 0.6) is 11.5 Å². The van der Waals surface area contributed by atoms with Crippen molar-refractivity contribution < 1.29 is 19.1 Å². The van der Waals surface area contributed by atoms with Gasteiger partial charge >= 0.3 is 11.8 Å². The molecule has 0 unspecified atom stereocenters. The van der Waals surface area contributed by atoms with E-state index in [4.69, 9.17) is 9.47 Å². The summed E-state index contributed by atoms with van der Waals surface area (Å²) < 4.78 is 10.4. The van der Waals surface area contributed by atoms with Crippen molar-refractivity contribution in [3.05, 3.63) is 54.1 Å². The van der Waals surface area contributed by atoms with Crippen LogP contribution in [0.2, 0.25) is 0 Å². The van der Waals surface area contributed by atoms with Crippen LogP contribution in [-0.4, -0.2) is 31.7 Å². The van der Waals surface area contributed by atoms with Gasteiger partial charge in [0.05, 0.1) is 19.9 Å². The van der Waals surface area contributed by atoms with Crippen LogP contribution >= 0.6 is 0 Å². The van der Waals surface area contributed by atoms with Gasteiger partial charge in [0, 0.05) is 17.3 Å². The minimum absolute atomic E-state index is 0.486. The highest BCUT2D eigenvalue weighted by Crippen LogP contribution is 2.25. The van der Waals surface area contributed by atoms with E-state index in [1.807, 2.05) is 6.07 Å². The van der Waals surface area contributed by atoms with Gasteiger partial charge in [-0.15, -0.1) is 0 Å². The van der Waals surface area contributed by atoms with Gasteiger partial charge in [-0.25, -0.2) is 5.43 Å². The lowest BCUT2D eigenvalue weighted by Crippen LogP contribution is -2.32. The molecule has 2 amide bonds. The number of amides is 2. The second kappa shape index (κ2) is 8.49. The summed E-state index contributed by atoms with van der Waals surface area (Å²) in [6.45, 7) is 1.69. The second-order valence-corrected chi connectivity index (χ2v) is 5.02. The third kappa shape index (κ3) is 4.81. The summed E-state index contributed by atoms with van der Waals surface area (Å²) >= 11 is 0. The molecule has 0 radical (unpaired) electrons. The molecule has 0 aliphatic rings. The van der Waals surface area contributed by atoms with Gasteiger partial charge in [0.1, 0.15) is 11.5 Å². The number of anilines is 1. The van der Waals surface area contributed by atoms with Crippen LogP contribution in [0.25, 0.3) is 0 Å². The smallest absolute Gasteiger partial charge is 0.329 e. The molecule has 0 spiro atoms. The molecule has 0 aromatic heterocycles. The molecular weight excluding hydrogens is 322 g/mol. The molecule has 2 N–H and O–H groups in total. The van der Waals surface area contributed by atoms with Crippen molar-refractivity contribution in [1.82, 2.24) is 5.43 Å². The lowest BCUT2D eigenvalue weighted by molar-refractivity contribution is -0.136. The van der Waals surface area contributed by atoms with Crippen molar-refractivity contribution in [1.29, 1.82) is 0 Å². The average Bonchev–Trinajstić information content (AvgIpc) is 2.65. The van der Waals surface area contributed by atoms with Crippen molar-refractivity contribution in [2.75, 3.05) is 19.5 Å². The number of ether oxygens (including phenoxy) is 2. The molecule has 0 fully saturated rings. The molecule has 2 aromatic carbocycles. The van der Waals surface area contributed by atoms with Crippen molar-refractivity contribution in [2.24, 2.45) is 5.10 Å². The summed E-state index contributed by atoms with van der Waals surface area (Å²) in [5, 5.41) is 6.44. The molecule has 2 rings (SSSR count). The third-order valence-electron chi connectivity index (χ3n) is 3.36. The van der Waals surface area contributed by atoms with Gasteiger partial charge < -0.3 is 14.8 Å². The molecule has 7 heteroatoms. The Labute approximate surface area is 145 Å². The first kappa shape index (κ1) is 18.0. The second-order valence-electron chi connectivity index (χ2n) is 5.02. The Bertz CT molecular complexity index is 788. The van der Waals surface area contributed by atoms with Crippen LogP contribution in [0.1, 0.15) is 12.5 Å². The first-order chi connectivity index (χ1) is 12.0. The summed E-state index contributed by atoms with van der Waals surface area (Å²) in [5.41, 5.74) is 3.92. The fraction of sp³-hybridized carbons (Fsp3) is 0.167. The van der Waals surface area contributed by atoms with Crippen LogP contribution in [0.3, 0.4) is 0 Å². The van der Waals surface area contributed by atoms with E-state index < -0.39 is 11.8 Å². The molecule has 7 nitrogen and oxygen atoms in total. The number of hydrogen-bond acceptors (Lipinski definition) is 5. The number of nitrogens with zero attached hydrogens (tertiary/aromatic N) is 1. The lowest BCUT2D eigenvalue weighted by Gasteiger charge is -2.10. The predicted octanol–water partition coefficient (Wildman–Crippen LogP) is 2.18. The van der Waals surface area contributed by atoms with E-state index in [1.54, 1.807) is 56.5 Å². The first-order valence-corrected chi connectivity index (χ1v) is 7.48. The third-order valence-corrected chi connectivity index (χ3v) is 3.36. The van der Waals surface area contributed by atoms with E-state index in [0.29, 0.717) is 28.5 Å². The zero-order chi connectivity index (χ0) is 18.2. The quantitative estimate of drug-likeness (QED) is 0.496. The number of methoxy groups -OCH3 is 2. The predicted molar refractivity (Wildman–Crippen MR) is 95.0 cm³/mol. The Kier molecular flexibility index (Phi) is 6.11. The van der Waals surface area contributed by atoms with E-state index in [-0.39, 0.29) is 0 Å². The molecule has 0 saturated heterocycles. The van der Waals surface area contributed by atoms with Crippen molar-refractivity contribution >= 4 is 23.2 Å². The van der Waals surface area contributed by atoms with Gasteiger partial charge in [-0.2, -0.15) is 5.10 Å². The molecule has 2 aromatic rings. The Hall–Kier alpha value is -3.35. The topological polar surface area (TPSA) is 89.0 Å². The van der Waals surface area contributed by atoms with Crippen LogP contribution in [0.4, 0.5) is 5.69 Å². The Balaban J connectivity index is 2.05. The molecule has 0 aliphatic carbocycles. The maximum Gasteiger partial charge on any atom is 0.329 e. The number of hydrazone groups is 1. The summed E-state index contributed by atoms with van der Waals surface area (Å²) in [5.74, 6) is -0.483. The average molecular weight is 341 g/mol. The molecule has 0 aliphatic heterocycles. The zero-order valence-electron chi connectivity index (χ0n) is 14.2. The van der Waals surface area contributed by atoms with Crippen molar-refractivity contribution in [3.63, 3.8) is 0 Å². The summed E-state index contributed by atoms with van der Waals surface area (Å²) in [6, 6.07) is 13.9. The van der Waals surface area contributed by atoms with Gasteiger partial charge in [0.2, 0.25) is 0 Å². The zero-order valence-corrected chi connectivity index (χ0v) is 14.2. The van der Waals surface area contributed by atoms with Crippen LogP contribution in [-0.2, 0) is 9.59 Å². The van der Waals surface area contributed by atoms with E-state index in [2.05, 4.69) is 15.8 Å². The lowest BCUT2D eigenvalue weighted by atomic mass is 10.1. The van der Waals surface area contributed by atoms with E-state index in [0.717, 1.165) is 0 Å². The molecule has 0 saturated carbocycles. The Morgan fingerprint density at radius 3 is 2.32 bits per heavy atom. The number of para-hydroxylation sites is 1. The van der Waals surface area contributed by atoms with Crippen LogP contribution in [0.15, 0.2) is 53.6 Å². The van der Waals surface area contributed by atoms with Crippen LogP contribution in [0, 0.1) is 0 Å². The summed E-state index contributed by atoms with van der Waals surface area (Å²) in [7, 11) is 3.08. The largest absolute Gasteiger partial charge is 0.497 e. The highest BCUT2D eigenvalue weighted by Gasteiger charge is 2.14. The normalized spacial score (nSPS) is 10.8. The van der Waals surface area contributed by atoms with E-state index in [1.165, 1.54) is 7.11 Å². The molecule has 0 heterocycles. The fourth-order valence-electron chi connectivity index (χ4n) is 2.05. The van der Waals surface area contributed by atoms with Gasteiger partial charge in [-0.1, -0.05) is 18.2 Å². The fourth-order valence-corrected chi connectivity index (χ4v) is 2.05. The Morgan fingerprint density at radius 1 is 0.960 bits per heavy atom. The number of hydrogen-bond donors (Lipinski definition) is 2. The molecule has 130 valence electrons. The van der Waals surface area contributed by atoms with E-state index in [9.17, 15) is 9.59 Å². The number of benzene rings is 2. The first-order valence-electron chi connectivity index (χ1n) is 7.48. The van der Waals surface area contributed by atoms with Crippen molar-refractivity contribution in [3.8, 4) is 11.5 Å². The van der Waals surface area contributed by atoms with Gasteiger partial charge in [0.25, 0.3) is 0 Å². The number of nitrogens with one attached hydrogen (secondary N) is 2. The van der Waals surface area contributed by atoms with Gasteiger partial charge in [-0.3, -0.25) is 9.59 Å². The monoisotopic (exact) mass is 341 g/mol.